The van der Waals surface area contributed by atoms with Crippen LogP contribution >= 0.6 is 0 Å². The summed E-state index contributed by atoms with van der Waals surface area (Å²) in [6.07, 6.45) is 3.37. The van der Waals surface area contributed by atoms with Crippen LogP contribution in [0.3, 0.4) is 0 Å². The van der Waals surface area contributed by atoms with Gasteiger partial charge in [-0.05, 0) is 49.6 Å². The second kappa shape index (κ2) is 8.49. The second-order valence-electron chi connectivity index (χ2n) is 6.64. The Morgan fingerprint density at radius 3 is 2.56 bits per heavy atom. The predicted molar refractivity (Wildman–Crippen MR) is 110 cm³/mol. The number of aromatic nitrogens is 1. The Labute approximate surface area is 160 Å². The van der Waals surface area contributed by atoms with Crippen molar-refractivity contribution in [2.75, 3.05) is 11.9 Å². The van der Waals surface area contributed by atoms with Crippen LogP contribution < -0.4 is 5.32 Å². The molecule has 3 rings (SSSR count). The van der Waals surface area contributed by atoms with Gasteiger partial charge in [0, 0.05) is 25.0 Å². The summed E-state index contributed by atoms with van der Waals surface area (Å²) in [5.41, 5.74) is 5.95. The standard InChI is InChI=1S/C23H25N3O/c1-4-26(16-19-10-6-5-7-11-19)23(27)20-13-21(15-24-14-20)25-22-12-8-9-17(2)18(22)3/h5-15,25H,4,16H2,1-3H3. The molecule has 0 saturated heterocycles. The molecule has 0 atom stereocenters. The number of anilines is 2. The molecule has 1 N–H and O–H groups in total. The fourth-order valence-electron chi connectivity index (χ4n) is 2.98. The predicted octanol–water partition coefficient (Wildman–Crippen LogP) is 5.10. The number of pyridine rings is 1. The van der Waals surface area contributed by atoms with Crippen molar-refractivity contribution in [2.24, 2.45) is 0 Å². The van der Waals surface area contributed by atoms with Gasteiger partial charge in [-0.1, -0.05) is 42.5 Å². The van der Waals surface area contributed by atoms with E-state index in [0.717, 1.165) is 16.9 Å². The van der Waals surface area contributed by atoms with Gasteiger partial charge in [0.15, 0.2) is 0 Å². The van der Waals surface area contributed by atoms with E-state index in [4.69, 9.17) is 0 Å². The summed E-state index contributed by atoms with van der Waals surface area (Å²) in [7, 11) is 0. The van der Waals surface area contributed by atoms with Gasteiger partial charge >= 0.3 is 0 Å². The highest BCUT2D eigenvalue weighted by Crippen LogP contribution is 2.23. The number of amides is 1. The third kappa shape index (κ3) is 4.53. The molecule has 3 aromatic rings. The first-order chi connectivity index (χ1) is 13.1. The van der Waals surface area contributed by atoms with Crippen molar-refractivity contribution >= 4 is 17.3 Å². The molecule has 0 aliphatic carbocycles. The highest BCUT2D eigenvalue weighted by atomic mass is 16.2. The molecule has 0 saturated carbocycles. The molecule has 138 valence electrons. The van der Waals surface area contributed by atoms with Gasteiger partial charge in [0.05, 0.1) is 17.4 Å². The molecule has 1 amide bonds. The van der Waals surface area contributed by atoms with Crippen LogP contribution in [0.5, 0.6) is 0 Å². The minimum absolute atomic E-state index is 0.0153. The van der Waals surface area contributed by atoms with Crippen LogP contribution in [-0.4, -0.2) is 22.3 Å². The van der Waals surface area contributed by atoms with Gasteiger partial charge in [-0.25, -0.2) is 0 Å². The summed E-state index contributed by atoms with van der Waals surface area (Å²) in [5.74, 6) is -0.0153. The van der Waals surface area contributed by atoms with Crippen LogP contribution in [0.25, 0.3) is 0 Å². The van der Waals surface area contributed by atoms with Crippen molar-refractivity contribution in [3.05, 3.63) is 89.2 Å². The Balaban J connectivity index is 1.79. The first-order valence-electron chi connectivity index (χ1n) is 9.20. The molecule has 4 heteroatoms. The number of aryl methyl sites for hydroxylation is 1. The lowest BCUT2D eigenvalue weighted by atomic mass is 10.1. The van der Waals surface area contributed by atoms with Gasteiger partial charge < -0.3 is 10.2 Å². The molecule has 0 unspecified atom stereocenters. The Kier molecular flexibility index (Phi) is 5.87. The van der Waals surface area contributed by atoms with Crippen LogP contribution in [0.4, 0.5) is 11.4 Å². The van der Waals surface area contributed by atoms with Crippen molar-refractivity contribution in [3.8, 4) is 0 Å². The van der Waals surface area contributed by atoms with E-state index < -0.39 is 0 Å². The molecule has 27 heavy (non-hydrogen) atoms. The molecule has 0 radical (unpaired) electrons. The Morgan fingerprint density at radius 1 is 1.04 bits per heavy atom. The third-order valence-corrected chi connectivity index (χ3v) is 4.75. The molecule has 1 heterocycles. The molecule has 4 nitrogen and oxygen atoms in total. The number of nitrogens with one attached hydrogen (secondary N) is 1. The first-order valence-corrected chi connectivity index (χ1v) is 9.20. The van der Waals surface area contributed by atoms with Crippen LogP contribution in [0.15, 0.2) is 67.0 Å². The fraction of sp³-hybridized carbons (Fsp3) is 0.217. The van der Waals surface area contributed by atoms with Gasteiger partial charge in [-0.15, -0.1) is 0 Å². The minimum Gasteiger partial charge on any atom is -0.354 e. The SMILES string of the molecule is CCN(Cc1ccccc1)C(=O)c1cncc(Nc2cccc(C)c2C)c1. The van der Waals surface area contributed by atoms with Gasteiger partial charge in [0.2, 0.25) is 0 Å². The van der Waals surface area contributed by atoms with E-state index in [0.29, 0.717) is 18.7 Å². The molecular weight excluding hydrogens is 334 g/mol. The zero-order chi connectivity index (χ0) is 19.2. The minimum atomic E-state index is -0.0153. The summed E-state index contributed by atoms with van der Waals surface area (Å²) in [4.78, 5) is 19.1. The van der Waals surface area contributed by atoms with Crippen molar-refractivity contribution in [2.45, 2.75) is 27.3 Å². The fourth-order valence-corrected chi connectivity index (χ4v) is 2.98. The number of rotatable bonds is 6. The Hall–Kier alpha value is -3.14. The van der Waals surface area contributed by atoms with E-state index in [9.17, 15) is 4.79 Å². The van der Waals surface area contributed by atoms with Crippen molar-refractivity contribution < 1.29 is 4.79 Å². The summed E-state index contributed by atoms with van der Waals surface area (Å²) in [5, 5.41) is 3.38. The maximum absolute atomic E-state index is 13.0. The van der Waals surface area contributed by atoms with Crippen molar-refractivity contribution in [1.29, 1.82) is 0 Å². The Bertz CT molecular complexity index is 922. The molecule has 0 spiro atoms. The monoisotopic (exact) mass is 359 g/mol. The normalized spacial score (nSPS) is 10.5. The van der Waals surface area contributed by atoms with Crippen molar-refractivity contribution in [3.63, 3.8) is 0 Å². The molecular formula is C23H25N3O. The van der Waals surface area contributed by atoms with Crippen LogP contribution in [0.1, 0.15) is 34.0 Å². The van der Waals surface area contributed by atoms with Gasteiger partial charge in [-0.3, -0.25) is 9.78 Å². The van der Waals surface area contributed by atoms with Gasteiger partial charge in [0.25, 0.3) is 5.91 Å². The summed E-state index contributed by atoms with van der Waals surface area (Å²) < 4.78 is 0. The Morgan fingerprint density at radius 2 is 1.81 bits per heavy atom. The number of hydrogen-bond acceptors (Lipinski definition) is 3. The van der Waals surface area contributed by atoms with Gasteiger partial charge in [0.1, 0.15) is 0 Å². The number of nitrogens with zero attached hydrogens (tertiary/aromatic N) is 2. The number of hydrogen-bond donors (Lipinski definition) is 1. The zero-order valence-electron chi connectivity index (χ0n) is 16.1. The molecule has 1 aromatic heterocycles. The van der Waals surface area contributed by atoms with Crippen LogP contribution in [0.2, 0.25) is 0 Å². The molecule has 0 bridgehead atoms. The number of benzene rings is 2. The molecule has 0 aliphatic rings. The molecule has 0 fully saturated rings. The average Bonchev–Trinajstić information content (AvgIpc) is 2.70. The summed E-state index contributed by atoms with van der Waals surface area (Å²) in [6.45, 7) is 7.39. The average molecular weight is 359 g/mol. The second-order valence-corrected chi connectivity index (χ2v) is 6.64. The van der Waals surface area contributed by atoms with E-state index in [-0.39, 0.29) is 5.91 Å². The maximum Gasteiger partial charge on any atom is 0.255 e. The number of carbonyl (C=O) groups excluding carboxylic acids is 1. The van der Waals surface area contributed by atoms with E-state index in [1.54, 1.807) is 12.4 Å². The first kappa shape index (κ1) is 18.6. The van der Waals surface area contributed by atoms with Gasteiger partial charge in [-0.2, -0.15) is 0 Å². The highest BCUT2D eigenvalue weighted by molar-refractivity contribution is 5.95. The maximum atomic E-state index is 13.0. The lowest BCUT2D eigenvalue weighted by Crippen LogP contribution is -2.30. The highest BCUT2D eigenvalue weighted by Gasteiger charge is 2.15. The largest absolute Gasteiger partial charge is 0.354 e. The lowest BCUT2D eigenvalue weighted by molar-refractivity contribution is 0.0752. The quantitative estimate of drug-likeness (QED) is 0.665. The smallest absolute Gasteiger partial charge is 0.255 e. The zero-order valence-corrected chi connectivity index (χ0v) is 16.1. The topological polar surface area (TPSA) is 45.2 Å². The summed E-state index contributed by atoms with van der Waals surface area (Å²) in [6, 6.07) is 18.0. The third-order valence-electron chi connectivity index (χ3n) is 4.75. The van der Waals surface area contributed by atoms with Crippen LogP contribution in [-0.2, 0) is 6.54 Å². The molecule has 2 aromatic carbocycles. The van der Waals surface area contributed by atoms with E-state index >= 15 is 0 Å². The molecule has 0 aliphatic heterocycles. The lowest BCUT2D eigenvalue weighted by Gasteiger charge is -2.21. The number of carbonyl (C=O) groups is 1. The van der Waals surface area contributed by atoms with E-state index in [2.05, 4.69) is 30.2 Å². The van der Waals surface area contributed by atoms with E-state index in [1.807, 2.05) is 60.4 Å². The van der Waals surface area contributed by atoms with Crippen LogP contribution in [0, 0.1) is 13.8 Å². The van der Waals surface area contributed by atoms with E-state index in [1.165, 1.54) is 11.1 Å². The summed E-state index contributed by atoms with van der Waals surface area (Å²) >= 11 is 0. The van der Waals surface area contributed by atoms with Crippen molar-refractivity contribution in [1.82, 2.24) is 9.88 Å².